The lowest BCUT2D eigenvalue weighted by atomic mass is 10.1. The summed E-state index contributed by atoms with van der Waals surface area (Å²) in [6.07, 6.45) is 0. The number of carbonyl (C=O) groups is 1. The molecule has 0 unspecified atom stereocenters. The van der Waals surface area contributed by atoms with Gasteiger partial charge in [0.1, 0.15) is 12.4 Å². The fourth-order valence-electron chi connectivity index (χ4n) is 1.29. The SMILES string of the molecule is CCN(C)C(=O)c1cc(F)ccc1C#CCO. The minimum Gasteiger partial charge on any atom is -0.384 e. The van der Waals surface area contributed by atoms with E-state index in [1.54, 1.807) is 7.05 Å². The number of hydrogen-bond donors (Lipinski definition) is 1. The van der Waals surface area contributed by atoms with Gasteiger partial charge in [0.2, 0.25) is 0 Å². The van der Waals surface area contributed by atoms with E-state index in [2.05, 4.69) is 11.8 Å². The van der Waals surface area contributed by atoms with E-state index in [-0.39, 0.29) is 18.1 Å². The number of rotatable bonds is 2. The zero-order valence-corrected chi connectivity index (χ0v) is 9.83. The standard InChI is InChI=1S/C13H14FNO2/c1-3-15(2)13(17)12-9-11(14)7-6-10(12)5-4-8-16/h6-7,9,16H,3,8H2,1-2H3. The van der Waals surface area contributed by atoms with Crippen molar-refractivity contribution in [3.05, 3.63) is 35.1 Å². The lowest BCUT2D eigenvalue weighted by Gasteiger charge is -2.15. The van der Waals surface area contributed by atoms with Gasteiger partial charge in [0.15, 0.2) is 0 Å². The van der Waals surface area contributed by atoms with Crippen LogP contribution in [0.1, 0.15) is 22.8 Å². The Morgan fingerprint density at radius 3 is 2.82 bits per heavy atom. The Kier molecular flexibility index (Phi) is 4.68. The molecule has 0 aliphatic rings. The van der Waals surface area contributed by atoms with Crippen LogP contribution >= 0.6 is 0 Å². The molecule has 3 nitrogen and oxygen atoms in total. The Bertz CT molecular complexity index is 474. The Hall–Kier alpha value is -1.86. The van der Waals surface area contributed by atoms with Crippen molar-refractivity contribution in [1.29, 1.82) is 0 Å². The fraction of sp³-hybridized carbons (Fsp3) is 0.308. The average molecular weight is 235 g/mol. The first-order chi connectivity index (χ1) is 8.10. The molecule has 0 heterocycles. The molecule has 0 saturated carbocycles. The summed E-state index contributed by atoms with van der Waals surface area (Å²) >= 11 is 0. The lowest BCUT2D eigenvalue weighted by Crippen LogP contribution is -2.27. The quantitative estimate of drug-likeness (QED) is 0.784. The molecule has 0 aliphatic carbocycles. The lowest BCUT2D eigenvalue weighted by molar-refractivity contribution is 0.0801. The van der Waals surface area contributed by atoms with Crippen LogP contribution in [0.5, 0.6) is 0 Å². The van der Waals surface area contributed by atoms with Crippen LogP contribution < -0.4 is 0 Å². The van der Waals surface area contributed by atoms with E-state index in [1.165, 1.54) is 17.0 Å². The van der Waals surface area contributed by atoms with E-state index in [4.69, 9.17) is 5.11 Å². The van der Waals surface area contributed by atoms with E-state index in [1.807, 2.05) is 6.92 Å². The van der Waals surface area contributed by atoms with Crippen molar-refractivity contribution < 1.29 is 14.3 Å². The van der Waals surface area contributed by atoms with Gasteiger partial charge in [0.25, 0.3) is 5.91 Å². The molecule has 0 fully saturated rings. The van der Waals surface area contributed by atoms with Crippen molar-refractivity contribution in [2.75, 3.05) is 20.2 Å². The van der Waals surface area contributed by atoms with E-state index in [0.29, 0.717) is 12.1 Å². The first-order valence-corrected chi connectivity index (χ1v) is 5.25. The molecule has 1 aromatic rings. The van der Waals surface area contributed by atoms with Gasteiger partial charge in [0, 0.05) is 19.2 Å². The largest absolute Gasteiger partial charge is 0.384 e. The van der Waals surface area contributed by atoms with Crippen molar-refractivity contribution in [2.24, 2.45) is 0 Å². The second-order valence-corrected chi connectivity index (χ2v) is 3.47. The summed E-state index contributed by atoms with van der Waals surface area (Å²) in [5.74, 6) is 4.32. The zero-order valence-electron chi connectivity index (χ0n) is 9.83. The molecule has 1 aromatic carbocycles. The summed E-state index contributed by atoms with van der Waals surface area (Å²) < 4.78 is 13.1. The zero-order chi connectivity index (χ0) is 12.8. The van der Waals surface area contributed by atoms with Crippen molar-refractivity contribution in [2.45, 2.75) is 6.92 Å². The first-order valence-electron chi connectivity index (χ1n) is 5.25. The molecule has 0 spiro atoms. The molecule has 1 amide bonds. The Balaban J connectivity index is 3.19. The fourth-order valence-corrected chi connectivity index (χ4v) is 1.29. The molecule has 0 aromatic heterocycles. The molecule has 0 atom stereocenters. The number of aliphatic hydroxyl groups excluding tert-OH is 1. The van der Waals surface area contributed by atoms with Crippen LogP contribution in [0.15, 0.2) is 18.2 Å². The van der Waals surface area contributed by atoms with Crippen LogP contribution in [0.4, 0.5) is 4.39 Å². The molecule has 4 heteroatoms. The van der Waals surface area contributed by atoms with Crippen LogP contribution in [0.2, 0.25) is 0 Å². The van der Waals surface area contributed by atoms with Gasteiger partial charge in [0.05, 0.1) is 5.56 Å². The maximum absolute atomic E-state index is 13.1. The summed E-state index contributed by atoms with van der Waals surface area (Å²) in [4.78, 5) is 13.4. The predicted molar refractivity (Wildman–Crippen MR) is 63.0 cm³/mol. The van der Waals surface area contributed by atoms with Gasteiger partial charge in [-0.1, -0.05) is 11.8 Å². The molecule has 1 rings (SSSR count). The number of halogens is 1. The van der Waals surface area contributed by atoms with Gasteiger partial charge < -0.3 is 10.0 Å². The van der Waals surface area contributed by atoms with Gasteiger partial charge in [-0.2, -0.15) is 0 Å². The summed E-state index contributed by atoms with van der Waals surface area (Å²) in [5, 5.41) is 8.62. The predicted octanol–water partition coefficient (Wildman–Crippen LogP) is 1.26. The topological polar surface area (TPSA) is 40.5 Å². The average Bonchev–Trinajstić information content (AvgIpc) is 2.35. The van der Waals surface area contributed by atoms with Gasteiger partial charge in [-0.05, 0) is 25.1 Å². The number of carbonyl (C=O) groups excluding carboxylic acids is 1. The van der Waals surface area contributed by atoms with Crippen LogP contribution in [0, 0.1) is 17.7 Å². The van der Waals surface area contributed by atoms with Crippen molar-refractivity contribution in [1.82, 2.24) is 4.90 Å². The molecule has 0 bridgehead atoms. The summed E-state index contributed by atoms with van der Waals surface area (Å²) in [5.41, 5.74) is 0.640. The third kappa shape index (κ3) is 3.30. The van der Waals surface area contributed by atoms with Gasteiger partial charge in [-0.25, -0.2) is 4.39 Å². The van der Waals surface area contributed by atoms with Crippen molar-refractivity contribution in [3.63, 3.8) is 0 Å². The Morgan fingerprint density at radius 2 is 2.24 bits per heavy atom. The van der Waals surface area contributed by atoms with E-state index < -0.39 is 5.82 Å². The van der Waals surface area contributed by atoms with E-state index in [0.717, 1.165) is 6.07 Å². The van der Waals surface area contributed by atoms with Crippen LogP contribution in [-0.4, -0.2) is 36.1 Å². The van der Waals surface area contributed by atoms with Gasteiger partial charge in [-0.3, -0.25) is 4.79 Å². The maximum Gasteiger partial charge on any atom is 0.254 e. The highest BCUT2D eigenvalue weighted by atomic mass is 19.1. The highest BCUT2D eigenvalue weighted by Gasteiger charge is 2.14. The minimum atomic E-state index is -0.479. The normalized spacial score (nSPS) is 9.41. The number of nitrogens with zero attached hydrogens (tertiary/aromatic N) is 1. The summed E-state index contributed by atoms with van der Waals surface area (Å²) in [6.45, 7) is 2.06. The number of hydrogen-bond acceptors (Lipinski definition) is 2. The van der Waals surface area contributed by atoms with Crippen molar-refractivity contribution in [3.8, 4) is 11.8 Å². The first kappa shape index (κ1) is 13.2. The molecule has 1 N–H and O–H groups in total. The molecule has 0 aliphatic heterocycles. The van der Waals surface area contributed by atoms with Crippen LogP contribution in [-0.2, 0) is 0 Å². The summed E-state index contributed by atoms with van der Waals surface area (Å²) in [6, 6.07) is 3.84. The van der Waals surface area contributed by atoms with Gasteiger partial charge >= 0.3 is 0 Å². The molecule has 90 valence electrons. The second kappa shape index (κ2) is 6.02. The Labute approximate surface area is 99.9 Å². The third-order valence-corrected chi connectivity index (χ3v) is 2.34. The van der Waals surface area contributed by atoms with Crippen LogP contribution in [0.3, 0.4) is 0 Å². The van der Waals surface area contributed by atoms with Gasteiger partial charge in [-0.15, -0.1) is 0 Å². The molecule has 17 heavy (non-hydrogen) atoms. The minimum absolute atomic E-state index is 0.218. The van der Waals surface area contributed by atoms with Crippen LogP contribution in [0.25, 0.3) is 0 Å². The number of benzene rings is 1. The third-order valence-electron chi connectivity index (χ3n) is 2.34. The monoisotopic (exact) mass is 235 g/mol. The molecular weight excluding hydrogens is 221 g/mol. The molecule has 0 saturated heterocycles. The maximum atomic E-state index is 13.1. The highest BCUT2D eigenvalue weighted by molar-refractivity contribution is 5.96. The second-order valence-electron chi connectivity index (χ2n) is 3.47. The van der Waals surface area contributed by atoms with Crippen molar-refractivity contribution >= 4 is 5.91 Å². The van der Waals surface area contributed by atoms with E-state index >= 15 is 0 Å². The highest BCUT2D eigenvalue weighted by Crippen LogP contribution is 2.12. The molecular formula is C13H14FNO2. The number of amides is 1. The van der Waals surface area contributed by atoms with E-state index in [9.17, 15) is 9.18 Å². The smallest absolute Gasteiger partial charge is 0.254 e. The summed E-state index contributed by atoms with van der Waals surface area (Å²) in [7, 11) is 1.64. The number of aliphatic hydroxyl groups is 1. The Morgan fingerprint density at radius 1 is 1.53 bits per heavy atom. The molecule has 0 radical (unpaired) electrons.